The molecule has 0 aliphatic carbocycles. The summed E-state index contributed by atoms with van der Waals surface area (Å²) in [6, 6.07) is 0. The summed E-state index contributed by atoms with van der Waals surface area (Å²) in [6.45, 7) is 7.97. The van der Waals surface area contributed by atoms with Gasteiger partial charge in [0.05, 0.1) is 6.61 Å². The van der Waals surface area contributed by atoms with Crippen molar-refractivity contribution in [3.05, 3.63) is 36.5 Å². The fourth-order valence-electron chi connectivity index (χ4n) is 2.05. The minimum absolute atomic E-state index is 0.266. The van der Waals surface area contributed by atoms with Crippen molar-refractivity contribution < 1.29 is 9.53 Å². The maximum Gasteiger partial charge on any atom is 0.333 e. The van der Waals surface area contributed by atoms with Gasteiger partial charge in [-0.1, -0.05) is 76.3 Å². The molecule has 0 radical (unpaired) electrons. The number of ether oxygens (including phenoxy) is 1. The lowest BCUT2D eigenvalue weighted by Gasteiger charge is -2.04. The van der Waals surface area contributed by atoms with Gasteiger partial charge in [0, 0.05) is 5.57 Å². The Hall–Kier alpha value is -1.31. The topological polar surface area (TPSA) is 26.3 Å². The van der Waals surface area contributed by atoms with E-state index in [9.17, 15) is 4.79 Å². The Morgan fingerprint density at radius 3 is 2.05 bits per heavy atom. The zero-order valence-electron chi connectivity index (χ0n) is 14.6. The molecule has 0 unspecified atom stereocenters. The molecule has 0 rings (SSSR count). The van der Waals surface area contributed by atoms with Crippen LogP contribution >= 0.6 is 0 Å². The summed E-state index contributed by atoms with van der Waals surface area (Å²) in [5.41, 5.74) is 0.481. The molecule has 0 aliphatic heterocycles. The quantitative estimate of drug-likeness (QED) is 0.167. The van der Waals surface area contributed by atoms with Crippen molar-refractivity contribution >= 4 is 5.97 Å². The standard InChI is InChI=1S/C20H34O2/c1-4-5-6-7-8-9-10-11-12-13-14-15-16-17-18-22-20(21)19(2)3/h6-9H,2,4-5,10-18H2,1,3H3. The summed E-state index contributed by atoms with van der Waals surface area (Å²) in [5.74, 6) is -0.266. The fourth-order valence-corrected chi connectivity index (χ4v) is 2.05. The molecule has 2 heteroatoms. The van der Waals surface area contributed by atoms with E-state index in [0.717, 1.165) is 12.8 Å². The van der Waals surface area contributed by atoms with Gasteiger partial charge in [-0.05, 0) is 32.6 Å². The van der Waals surface area contributed by atoms with Gasteiger partial charge in [0.15, 0.2) is 0 Å². The number of rotatable bonds is 14. The minimum atomic E-state index is -0.266. The number of allylic oxidation sites excluding steroid dienone is 4. The average molecular weight is 306 g/mol. The van der Waals surface area contributed by atoms with Gasteiger partial charge in [0.2, 0.25) is 0 Å². The number of esters is 1. The van der Waals surface area contributed by atoms with Gasteiger partial charge in [0.1, 0.15) is 0 Å². The average Bonchev–Trinajstić information content (AvgIpc) is 2.50. The third-order valence-corrected chi connectivity index (χ3v) is 3.44. The molecule has 0 amide bonds. The van der Waals surface area contributed by atoms with Crippen LogP contribution in [0.4, 0.5) is 0 Å². The first kappa shape index (κ1) is 20.7. The third kappa shape index (κ3) is 15.1. The lowest BCUT2D eigenvalue weighted by Crippen LogP contribution is -2.05. The van der Waals surface area contributed by atoms with Gasteiger partial charge in [0.25, 0.3) is 0 Å². The van der Waals surface area contributed by atoms with Gasteiger partial charge in [-0.15, -0.1) is 0 Å². The molecule has 0 atom stereocenters. The van der Waals surface area contributed by atoms with Crippen LogP contribution in [0.5, 0.6) is 0 Å². The predicted molar refractivity (Wildman–Crippen MR) is 95.9 cm³/mol. The Morgan fingerprint density at radius 1 is 0.909 bits per heavy atom. The van der Waals surface area contributed by atoms with Crippen LogP contribution in [0.2, 0.25) is 0 Å². The Bertz CT molecular complexity index is 340. The molecule has 0 bridgehead atoms. The first-order valence-electron chi connectivity index (χ1n) is 8.82. The zero-order valence-corrected chi connectivity index (χ0v) is 14.6. The Balaban J connectivity index is 3.21. The fraction of sp³-hybridized carbons (Fsp3) is 0.650. The first-order chi connectivity index (χ1) is 10.7. The van der Waals surface area contributed by atoms with Gasteiger partial charge < -0.3 is 4.74 Å². The molecule has 0 saturated carbocycles. The Kier molecular flexibility index (Phi) is 15.1. The van der Waals surface area contributed by atoms with E-state index in [1.54, 1.807) is 6.92 Å². The lowest BCUT2D eigenvalue weighted by atomic mass is 10.1. The van der Waals surface area contributed by atoms with Gasteiger partial charge >= 0.3 is 5.97 Å². The molecular weight excluding hydrogens is 272 g/mol. The second-order valence-electron chi connectivity index (χ2n) is 5.82. The highest BCUT2D eigenvalue weighted by molar-refractivity contribution is 5.86. The first-order valence-corrected chi connectivity index (χ1v) is 8.82. The summed E-state index contributed by atoms with van der Waals surface area (Å²) < 4.78 is 5.06. The van der Waals surface area contributed by atoms with Gasteiger partial charge in [-0.3, -0.25) is 0 Å². The number of carbonyl (C=O) groups is 1. The lowest BCUT2D eigenvalue weighted by molar-refractivity contribution is -0.139. The van der Waals surface area contributed by atoms with Crippen molar-refractivity contribution in [2.45, 2.75) is 78.1 Å². The minimum Gasteiger partial charge on any atom is -0.462 e. The van der Waals surface area contributed by atoms with Crippen LogP contribution < -0.4 is 0 Å². The number of unbranched alkanes of at least 4 members (excludes halogenated alkanes) is 8. The number of hydrogen-bond donors (Lipinski definition) is 0. The Labute approximate surface area is 137 Å². The summed E-state index contributed by atoms with van der Waals surface area (Å²) in [7, 11) is 0. The number of carbonyl (C=O) groups excluding carboxylic acids is 1. The predicted octanol–water partition coefficient (Wildman–Crippen LogP) is 6.14. The van der Waals surface area contributed by atoms with Crippen LogP contribution in [-0.4, -0.2) is 12.6 Å². The van der Waals surface area contributed by atoms with Crippen LogP contribution in [0.25, 0.3) is 0 Å². The van der Waals surface area contributed by atoms with E-state index in [1.165, 1.54) is 51.4 Å². The van der Waals surface area contributed by atoms with Crippen LogP contribution in [0.3, 0.4) is 0 Å². The molecule has 0 heterocycles. The van der Waals surface area contributed by atoms with Crippen molar-refractivity contribution in [3.63, 3.8) is 0 Å². The molecule has 0 aliphatic rings. The maximum absolute atomic E-state index is 11.1. The smallest absolute Gasteiger partial charge is 0.333 e. The van der Waals surface area contributed by atoms with E-state index in [0.29, 0.717) is 12.2 Å². The highest BCUT2D eigenvalue weighted by atomic mass is 16.5. The SMILES string of the molecule is C=C(C)C(=O)OCCCCCCCCCC=CC=CCCC. The summed E-state index contributed by atoms with van der Waals surface area (Å²) >= 11 is 0. The largest absolute Gasteiger partial charge is 0.462 e. The van der Waals surface area contributed by atoms with Crippen molar-refractivity contribution in [1.82, 2.24) is 0 Å². The van der Waals surface area contributed by atoms with E-state index >= 15 is 0 Å². The van der Waals surface area contributed by atoms with Gasteiger partial charge in [-0.25, -0.2) is 4.79 Å². The molecule has 0 N–H and O–H groups in total. The van der Waals surface area contributed by atoms with E-state index in [1.807, 2.05) is 0 Å². The number of hydrogen-bond acceptors (Lipinski definition) is 2. The third-order valence-electron chi connectivity index (χ3n) is 3.44. The molecule has 2 nitrogen and oxygen atoms in total. The van der Waals surface area contributed by atoms with E-state index < -0.39 is 0 Å². The zero-order chi connectivity index (χ0) is 16.5. The van der Waals surface area contributed by atoms with Crippen molar-refractivity contribution in [2.75, 3.05) is 6.61 Å². The molecule has 0 fully saturated rings. The van der Waals surface area contributed by atoms with Crippen LogP contribution in [0.15, 0.2) is 36.5 Å². The van der Waals surface area contributed by atoms with Gasteiger partial charge in [-0.2, -0.15) is 0 Å². The summed E-state index contributed by atoms with van der Waals surface area (Å²) in [5, 5.41) is 0. The maximum atomic E-state index is 11.1. The highest BCUT2D eigenvalue weighted by Gasteiger charge is 2.01. The highest BCUT2D eigenvalue weighted by Crippen LogP contribution is 2.09. The molecule has 0 aromatic carbocycles. The van der Waals surface area contributed by atoms with E-state index in [4.69, 9.17) is 4.74 Å². The second kappa shape index (κ2) is 16.1. The molecule has 22 heavy (non-hydrogen) atoms. The molecule has 0 aromatic heterocycles. The molecule has 126 valence electrons. The van der Waals surface area contributed by atoms with E-state index in [-0.39, 0.29) is 5.97 Å². The second-order valence-corrected chi connectivity index (χ2v) is 5.82. The summed E-state index contributed by atoms with van der Waals surface area (Å²) in [6.07, 6.45) is 20.9. The molecule has 0 saturated heterocycles. The van der Waals surface area contributed by atoms with Crippen LogP contribution in [0.1, 0.15) is 78.1 Å². The normalized spacial score (nSPS) is 11.4. The monoisotopic (exact) mass is 306 g/mol. The van der Waals surface area contributed by atoms with E-state index in [2.05, 4.69) is 37.8 Å². The summed E-state index contributed by atoms with van der Waals surface area (Å²) in [4.78, 5) is 11.1. The van der Waals surface area contributed by atoms with Crippen molar-refractivity contribution in [1.29, 1.82) is 0 Å². The molecular formula is C20H34O2. The van der Waals surface area contributed by atoms with Crippen molar-refractivity contribution in [2.24, 2.45) is 0 Å². The molecule has 0 aromatic rings. The molecule has 0 spiro atoms. The Morgan fingerprint density at radius 2 is 1.45 bits per heavy atom. The van der Waals surface area contributed by atoms with Crippen LogP contribution in [0, 0.1) is 0 Å². The van der Waals surface area contributed by atoms with Crippen molar-refractivity contribution in [3.8, 4) is 0 Å². The van der Waals surface area contributed by atoms with Crippen LogP contribution in [-0.2, 0) is 9.53 Å².